The molecule has 0 aromatic rings. The number of hydrogen-bond donors (Lipinski definition) is 0. The highest BCUT2D eigenvalue weighted by Gasteiger charge is 2.19. The van der Waals surface area contributed by atoms with Crippen LogP contribution in [0.3, 0.4) is 0 Å². The van der Waals surface area contributed by atoms with E-state index in [0.29, 0.717) is 19.3 Å². The SMILES string of the molecule is CC\C=C/C=C\C=C/C=C\CCCCCCCC(=O)OCC(COC(=O)CCCCCCCCCCCCCCC)OC(=O)CCCCC/C=C\CCCCCCCCC. The van der Waals surface area contributed by atoms with Gasteiger partial charge in [0.05, 0.1) is 0 Å². The molecule has 1 atom stereocenters. The van der Waals surface area contributed by atoms with Crippen LogP contribution in [-0.4, -0.2) is 37.2 Å². The molecule has 0 rings (SSSR count). The van der Waals surface area contributed by atoms with Crippen molar-refractivity contribution in [3.05, 3.63) is 60.8 Å². The van der Waals surface area contributed by atoms with Gasteiger partial charge in [0.2, 0.25) is 0 Å². The molecule has 0 spiro atoms. The monoisotopic (exact) mass is 839 g/mol. The van der Waals surface area contributed by atoms with Gasteiger partial charge < -0.3 is 14.2 Å². The van der Waals surface area contributed by atoms with Crippen LogP contribution in [0, 0.1) is 0 Å². The summed E-state index contributed by atoms with van der Waals surface area (Å²) in [6.07, 6.45) is 59.1. The van der Waals surface area contributed by atoms with Crippen molar-refractivity contribution in [3.63, 3.8) is 0 Å². The summed E-state index contributed by atoms with van der Waals surface area (Å²) in [4.78, 5) is 37.9. The van der Waals surface area contributed by atoms with Gasteiger partial charge in [0.25, 0.3) is 0 Å². The summed E-state index contributed by atoms with van der Waals surface area (Å²) in [7, 11) is 0. The van der Waals surface area contributed by atoms with E-state index in [0.717, 1.165) is 96.3 Å². The number of carbonyl (C=O) groups excluding carboxylic acids is 3. The fourth-order valence-corrected chi connectivity index (χ4v) is 7.04. The van der Waals surface area contributed by atoms with Gasteiger partial charge in [-0.05, 0) is 64.2 Å². The maximum Gasteiger partial charge on any atom is 0.306 e. The van der Waals surface area contributed by atoms with E-state index in [9.17, 15) is 14.4 Å². The highest BCUT2D eigenvalue weighted by molar-refractivity contribution is 5.71. The summed E-state index contributed by atoms with van der Waals surface area (Å²) in [6, 6.07) is 0. The predicted octanol–water partition coefficient (Wildman–Crippen LogP) is 16.5. The molecule has 6 nitrogen and oxygen atoms in total. The number of rotatable bonds is 45. The number of unbranched alkanes of at least 4 members (excludes halogenated alkanes) is 27. The Morgan fingerprint density at radius 2 is 0.667 bits per heavy atom. The topological polar surface area (TPSA) is 78.9 Å². The lowest BCUT2D eigenvalue weighted by molar-refractivity contribution is -0.167. The molecule has 60 heavy (non-hydrogen) atoms. The molecule has 0 saturated carbocycles. The zero-order valence-corrected chi connectivity index (χ0v) is 39.5. The molecule has 6 heteroatoms. The Labute approximate surface area is 370 Å². The Balaban J connectivity index is 4.43. The second-order valence-electron chi connectivity index (χ2n) is 16.8. The first-order valence-electron chi connectivity index (χ1n) is 25.3. The Kier molecular flexibility index (Phi) is 46.4. The third-order valence-corrected chi connectivity index (χ3v) is 10.9. The highest BCUT2D eigenvalue weighted by atomic mass is 16.6. The lowest BCUT2D eigenvalue weighted by atomic mass is 10.0. The second kappa shape index (κ2) is 48.8. The molecule has 0 saturated heterocycles. The first-order valence-corrected chi connectivity index (χ1v) is 25.3. The highest BCUT2D eigenvalue weighted by Crippen LogP contribution is 2.15. The molecule has 0 aromatic carbocycles. The first-order chi connectivity index (χ1) is 29.5. The fourth-order valence-electron chi connectivity index (χ4n) is 7.04. The zero-order chi connectivity index (χ0) is 43.7. The molecule has 346 valence electrons. The van der Waals surface area contributed by atoms with Gasteiger partial charge in [-0.3, -0.25) is 14.4 Å². The quantitative estimate of drug-likeness (QED) is 0.0200. The van der Waals surface area contributed by atoms with E-state index >= 15 is 0 Å². The summed E-state index contributed by atoms with van der Waals surface area (Å²) in [5.41, 5.74) is 0. The largest absolute Gasteiger partial charge is 0.462 e. The predicted molar refractivity (Wildman–Crippen MR) is 256 cm³/mol. The van der Waals surface area contributed by atoms with Crippen molar-refractivity contribution in [3.8, 4) is 0 Å². The number of carbonyl (C=O) groups is 3. The molecule has 0 amide bonds. The molecule has 0 radical (unpaired) electrons. The van der Waals surface area contributed by atoms with Gasteiger partial charge in [0.15, 0.2) is 6.10 Å². The molecule has 0 aromatic heterocycles. The van der Waals surface area contributed by atoms with Crippen molar-refractivity contribution >= 4 is 17.9 Å². The molecule has 0 fully saturated rings. The van der Waals surface area contributed by atoms with Gasteiger partial charge in [-0.25, -0.2) is 0 Å². The lowest BCUT2D eigenvalue weighted by Crippen LogP contribution is -2.30. The van der Waals surface area contributed by atoms with E-state index in [2.05, 4.69) is 63.3 Å². The molecule has 0 aliphatic rings. The van der Waals surface area contributed by atoms with Crippen molar-refractivity contribution in [2.75, 3.05) is 13.2 Å². The van der Waals surface area contributed by atoms with E-state index in [1.54, 1.807) is 0 Å². The van der Waals surface area contributed by atoms with E-state index < -0.39 is 6.10 Å². The molecule has 0 aliphatic heterocycles. The molecular formula is C54H94O6. The first kappa shape index (κ1) is 57.1. The van der Waals surface area contributed by atoms with Gasteiger partial charge in [0, 0.05) is 19.3 Å². The average Bonchev–Trinajstić information content (AvgIpc) is 3.24. The van der Waals surface area contributed by atoms with Gasteiger partial charge in [-0.2, -0.15) is 0 Å². The van der Waals surface area contributed by atoms with Gasteiger partial charge in [0.1, 0.15) is 13.2 Å². The van der Waals surface area contributed by atoms with E-state index in [1.165, 1.54) is 109 Å². The Morgan fingerprint density at radius 3 is 1.08 bits per heavy atom. The number of allylic oxidation sites excluding steroid dienone is 10. The van der Waals surface area contributed by atoms with Gasteiger partial charge >= 0.3 is 17.9 Å². The summed E-state index contributed by atoms with van der Waals surface area (Å²) in [5, 5.41) is 0. The summed E-state index contributed by atoms with van der Waals surface area (Å²) < 4.78 is 16.8. The normalized spacial score (nSPS) is 12.5. The van der Waals surface area contributed by atoms with Crippen LogP contribution in [0.25, 0.3) is 0 Å². The maximum atomic E-state index is 12.8. The van der Waals surface area contributed by atoms with Crippen molar-refractivity contribution in [2.45, 2.75) is 252 Å². The van der Waals surface area contributed by atoms with Crippen molar-refractivity contribution in [2.24, 2.45) is 0 Å². The van der Waals surface area contributed by atoms with E-state index in [4.69, 9.17) is 14.2 Å². The van der Waals surface area contributed by atoms with Crippen molar-refractivity contribution in [1.29, 1.82) is 0 Å². The Bertz CT molecular complexity index is 1100. The number of ether oxygens (including phenoxy) is 3. The third-order valence-electron chi connectivity index (χ3n) is 10.9. The minimum Gasteiger partial charge on any atom is -0.462 e. The fraction of sp³-hybridized carbons (Fsp3) is 0.759. The summed E-state index contributed by atoms with van der Waals surface area (Å²) in [5.74, 6) is -0.922. The minimum atomic E-state index is -0.788. The summed E-state index contributed by atoms with van der Waals surface area (Å²) in [6.45, 7) is 6.47. The van der Waals surface area contributed by atoms with Crippen LogP contribution in [0.4, 0.5) is 0 Å². The van der Waals surface area contributed by atoms with Crippen molar-refractivity contribution in [1.82, 2.24) is 0 Å². The van der Waals surface area contributed by atoms with Crippen molar-refractivity contribution < 1.29 is 28.6 Å². The van der Waals surface area contributed by atoms with Crippen LogP contribution in [0.15, 0.2) is 60.8 Å². The molecule has 0 N–H and O–H groups in total. The van der Waals surface area contributed by atoms with Gasteiger partial charge in [-0.1, -0.05) is 223 Å². The molecule has 0 bridgehead atoms. The van der Waals surface area contributed by atoms with E-state index in [-0.39, 0.29) is 31.1 Å². The van der Waals surface area contributed by atoms with E-state index in [1.807, 2.05) is 18.2 Å². The number of esters is 3. The van der Waals surface area contributed by atoms with Crippen LogP contribution in [-0.2, 0) is 28.6 Å². The Hall–Kier alpha value is -2.89. The standard InChI is InChI=1S/C54H94O6/c1-4-7-10-13-16-19-22-25-27-30-32-35-38-41-44-47-53(56)59-50-51(49-58-52(55)46-43-40-37-34-31-28-24-21-18-15-12-9-6-3)60-54(57)48-45-42-39-36-33-29-26-23-20-17-14-11-8-5-2/h7,10,13,16,19,22,25,27,29,33,51H,4-6,8-9,11-12,14-15,17-18,20-21,23-24,26,28,30-32,34-50H2,1-3H3/b10-7-,16-13-,22-19-,27-25-,33-29-. The summed E-state index contributed by atoms with van der Waals surface area (Å²) >= 11 is 0. The second-order valence-corrected chi connectivity index (χ2v) is 16.8. The molecule has 0 heterocycles. The average molecular weight is 839 g/mol. The zero-order valence-electron chi connectivity index (χ0n) is 39.5. The maximum absolute atomic E-state index is 12.8. The Morgan fingerprint density at radius 1 is 0.350 bits per heavy atom. The number of hydrogen-bond acceptors (Lipinski definition) is 6. The minimum absolute atomic E-state index is 0.0862. The lowest BCUT2D eigenvalue weighted by Gasteiger charge is -2.18. The smallest absolute Gasteiger partial charge is 0.306 e. The third kappa shape index (κ3) is 46.2. The van der Waals surface area contributed by atoms with Crippen LogP contribution >= 0.6 is 0 Å². The van der Waals surface area contributed by atoms with Crippen LogP contribution < -0.4 is 0 Å². The molecule has 0 aliphatic carbocycles. The van der Waals surface area contributed by atoms with Crippen LogP contribution in [0.1, 0.15) is 245 Å². The van der Waals surface area contributed by atoms with Crippen LogP contribution in [0.5, 0.6) is 0 Å². The van der Waals surface area contributed by atoms with Crippen LogP contribution in [0.2, 0.25) is 0 Å². The molecule has 1 unspecified atom stereocenters. The molecular weight excluding hydrogens is 745 g/mol. The van der Waals surface area contributed by atoms with Gasteiger partial charge in [-0.15, -0.1) is 0 Å².